The Morgan fingerprint density at radius 1 is 1.57 bits per heavy atom. The van der Waals surface area contributed by atoms with E-state index in [2.05, 4.69) is 5.87 Å². The lowest BCUT2D eigenvalue weighted by Crippen LogP contribution is -2.28. The molecule has 1 atom stereocenters. The predicted molar refractivity (Wildman–Crippen MR) is 55.9 cm³/mol. The van der Waals surface area contributed by atoms with Gasteiger partial charge in [0.05, 0.1) is 0 Å². The van der Waals surface area contributed by atoms with Crippen molar-refractivity contribution in [3.8, 4) is 0 Å². The molecule has 2 nitrogen and oxygen atoms in total. The van der Waals surface area contributed by atoms with E-state index >= 15 is 0 Å². The molecule has 0 saturated heterocycles. The van der Waals surface area contributed by atoms with Gasteiger partial charge in [0.25, 0.3) is 0 Å². The van der Waals surface area contributed by atoms with Gasteiger partial charge in [-0.3, -0.25) is 0 Å². The monoisotopic (exact) mass is 215 g/mol. The molecule has 0 aliphatic carbocycles. The van der Waals surface area contributed by atoms with Gasteiger partial charge in [0, 0.05) is 4.93 Å². The second-order valence-electron chi connectivity index (χ2n) is 3.29. The van der Waals surface area contributed by atoms with E-state index in [-0.39, 0.29) is 6.42 Å². The Kier molecular flexibility index (Phi) is 3.29. The van der Waals surface area contributed by atoms with Crippen LogP contribution in [0.25, 0.3) is 0 Å². The van der Waals surface area contributed by atoms with Gasteiger partial charge in [-0.05, 0) is 18.1 Å². The lowest BCUT2D eigenvalue weighted by atomic mass is 10.1. The fourth-order valence-corrected chi connectivity index (χ4v) is 1.39. The average molecular weight is 215 g/mol. The molecule has 0 heterocycles. The average Bonchev–Trinajstić information content (AvgIpc) is 2.08. The smallest absolute Gasteiger partial charge is 0.126 e. The summed E-state index contributed by atoms with van der Waals surface area (Å²) in [5.41, 5.74) is 0.342. The molecule has 78 valence electrons. The summed E-state index contributed by atoms with van der Waals surface area (Å²) >= 11 is 0. The van der Waals surface area contributed by atoms with Crippen molar-refractivity contribution in [1.82, 2.24) is 0 Å². The van der Waals surface area contributed by atoms with Crippen LogP contribution in [0.1, 0.15) is 12.5 Å². The third-order valence-electron chi connectivity index (χ3n) is 1.97. The third-order valence-corrected chi connectivity index (χ3v) is 3.09. The molecule has 0 radical (unpaired) electrons. The Labute approximate surface area is 84.4 Å². The Bertz CT molecular complexity index is 389. The van der Waals surface area contributed by atoms with E-state index in [1.165, 1.54) is 13.0 Å². The second-order valence-corrected chi connectivity index (χ2v) is 4.86. The van der Waals surface area contributed by atoms with Crippen LogP contribution < -0.4 is 0 Å². The molecule has 1 N–H and O–H groups in total. The highest BCUT2D eigenvalue weighted by Gasteiger charge is 2.14. The normalized spacial score (nSPS) is 15.4. The molecular formula is C10H12FO2S-. The highest BCUT2D eigenvalue weighted by Crippen LogP contribution is 2.16. The van der Waals surface area contributed by atoms with Gasteiger partial charge < -0.3 is 9.32 Å². The topological polar surface area (TPSA) is 37.3 Å². The van der Waals surface area contributed by atoms with Gasteiger partial charge in [-0.2, -0.15) is 5.87 Å². The van der Waals surface area contributed by atoms with Crippen LogP contribution >= 0.6 is 0 Å². The number of hydrogen-bond donors (Lipinski definition) is 1. The maximum Gasteiger partial charge on any atom is 0.126 e. The number of benzene rings is 1. The van der Waals surface area contributed by atoms with Gasteiger partial charge in [0.1, 0.15) is 5.82 Å². The predicted octanol–water partition coefficient (Wildman–Crippen LogP) is 1.47. The van der Waals surface area contributed by atoms with E-state index in [0.29, 0.717) is 5.56 Å². The van der Waals surface area contributed by atoms with Gasteiger partial charge in [0.15, 0.2) is 0 Å². The first-order valence-electron chi connectivity index (χ1n) is 4.11. The van der Waals surface area contributed by atoms with Crippen LogP contribution in [0.4, 0.5) is 4.39 Å². The molecule has 0 bridgehead atoms. The van der Waals surface area contributed by atoms with Crippen LogP contribution in [-0.2, 0) is 21.0 Å². The van der Waals surface area contributed by atoms with Gasteiger partial charge in [-0.1, -0.05) is 25.1 Å². The molecule has 0 aliphatic heterocycles. The van der Waals surface area contributed by atoms with Crippen molar-refractivity contribution in [2.45, 2.75) is 18.3 Å². The molecule has 0 amide bonds. The molecule has 0 spiro atoms. The first-order chi connectivity index (χ1) is 6.43. The Morgan fingerprint density at radius 2 is 2.14 bits per heavy atom. The minimum absolute atomic E-state index is 0.00418. The van der Waals surface area contributed by atoms with E-state index in [1.54, 1.807) is 18.2 Å². The highest BCUT2D eigenvalue weighted by atomic mass is 32.2. The van der Waals surface area contributed by atoms with Gasteiger partial charge in [-0.15, -0.1) is 0 Å². The molecule has 0 aromatic heterocycles. The minimum atomic E-state index is -1.65. The van der Waals surface area contributed by atoms with E-state index in [0.717, 1.165) is 0 Å². The molecule has 1 aromatic carbocycles. The van der Waals surface area contributed by atoms with Crippen molar-refractivity contribution in [3.05, 3.63) is 35.6 Å². The van der Waals surface area contributed by atoms with Gasteiger partial charge >= 0.3 is 0 Å². The molecule has 0 aliphatic rings. The van der Waals surface area contributed by atoms with Gasteiger partial charge in [-0.25, -0.2) is 14.8 Å². The summed E-state index contributed by atoms with van der Waals surface area (Å²) in [4.78, 5) is -1.48. The van der Waals surface area contributed by atoms with Crippen molar-refractivity contribution in [3.63, 3.8) is 0 Å². The lowest BCUT2D eigenvalue weighted by molar-refractivity contribution is 0.152. The fourth-order valence-electron chi connectivity index (χ4n) is 1.08. The SMILES string of the molecule is C=[S-](=O)C(C)(O)Cc1ccccc1F. The zero-order valence-corrected chi connectivity index (χ0v) is 8.68. The van der Waals surface area contributed by atoms with Crippen LogP contribution in [0.3, 0.4) is 0 Å². The maximum atomic E-state index is 13.2. The Balaban J connectivity index is 2.95. The van der Waals surface area contributed by atoms with Crippen molar-refractivity contribution in [2.24, 2.45) is 0 Å². The van der Waals surface area contributed by atoms with E-state index in [1.807, 2.05) is 0 Å². The maximum absolute atomic E-state index is 13.2. The van der Waals surface area contributed by atoms with Crippen LogP contribution in [-0.4, -0.2) is 15.9 Å². The molecular weight excluding hydrogens is 203 g/mol. The molecule has 1 rings (SSSR count). The van der Waals surface area contributed by atoms with Crippen LogP contribution in [0.2, 0.25) is 0 Å². The van der Waals surface area contributed by atoms with Crippen LogP contribution in [0, 0.1) is 5.82 Å². The van der Waals surface area contributed by atoms with E-state index in [9.17, 15) is 13.7 Å². The number of aliphatic hydroxyl groups is 1. The van der Waals surface area contributed by atoms with Crippen molar-refractivity contribution in [1.29, 1.82) is 0 Å². The number of hydrogen-bond acceptors (Lipinski definition) is 3. The van der Waals surface area contributed by atoms with Crippen LogP contribution in [0.5, 0.6) is 0 Å². The third kappa shape index (κ3) is 2.56. The van der Waals surface area contributed by atoms with Crippen LogP contribution in [0.15, 0.2) is 24.3 Å². The number of halogens is 1. The summed E-state index contributed by atoms with van der Waals surface area (Å²) in [6.07, 6.45) is -0.00418. The first-order valence-corrected chi connectivity index (χ1v) is 5.43. The van der Waals surface area contributed by atoms with Crippen molar-refractivity contribution >= 4 is 16.3 Å². The molecule has 0 saturated carbocycles. The zero-order chi connectivity index (χ0) is 10.8. The summed E-state index contributed by atoms with van der Waals surface area (Å²) in [5.74, 6) is 2.83. The summed E-state index contributed by atoms with van der Waals surface area (Å²) < 4.78 is 24.2. The molecule has 1 aromatic rings. The zero-order valence-electron chi connectivity index (χ0n) is 7.87. The summed E-state index contributed by atoms with van der Waals surface area (Å²) in [6.45, 7) is 1.38. The second kappa shape index (κ2) is 4.11. The molecule has 0 fully saturated rings. The highest BCUT2D eigenvalue weighted by molar-refractivity contribution is 7.83. The standard InChI is InChI=1S/C10H12FO2S/c1-10(12,14(2)13)7-8-5-3-4-6-9(8)11/h3-6,12H,2,7H2,1H3/q-1. The Morgan fingerprint density at radius 3 is 2.64 bits per heavy atom. The molecule has 14 heavy (non-hydrogen) atoms. The van der Waals surface area contributed by atoms with Gasteiger partial charge in [0.2, 0.25) is 0 Å². The first kappa shape index (κ1) is 11.2. The minimum Gasteiger partial charge on any atom is -0.459 e. The van der Waals surface area contributed by atoms with Crippen molar-refractivity contribution < 1.29 is 13.7 Å². The van der Waals surface area contributed by atoms with E-state index in [4.69, 9.17) is 0 Å². The molecule has 1 unspecified atom stereocenters. The Hall–Kier alpha value is -0.870. The summed E-state index contributed by atoms with van der Waals surface area (Å²) in [7, 11) is -1.65. The fraction of sp³-hybridized carbons (Fsp3) is 0.300. The lowest BCUT2D eigenvalue weighted by Gasteiger charge is -2.27. The largest absolute Gasteiger partial charge is 0.459 e. The summed E-state index contributed by atoms with van der Waals surface area (Å²) in [6, 6.07) is 6.09. The quantitative estimate of drug-likeness (QED) is 0.612. The van der Waals surface area contributed by atoms with Crippen molar-refractivity contribution in [2.75, 3.05) is 0 Å². The molecule has 4 heteroatoms. The summed E-state index contributed by atoms with van der Waals surface area (Å²) in [5, 5.41) is 9.64. The number of rotatable bonds is 3. The van der Waals surface area contributed by atoms with E-state index < -0.39 is 21.1 Å².